The monoisotopic (exact) mass is 289 g/mol. The molecule has 0 aliphatic heterocycles. The van der Waals surface area contributed by atoms with Crippen LogP contribution in [0.4, 0.5) is 5.82 Å². The van der Waals surface area contributed by atoms with E-state index in [-0.39, 0.29) is 6.04 Å². The SMILES string of the molecule is CCCc1nc(Cl)cc(NC(C)CCS(C)=O)n1. The standard InChI is InChI=1S/C12H20ClN3OS/c1-4-5-11-15-10(13)8-12(16-11)14-9(2)6-7-18(3)17/h8-9H,4-7H2,1-3H3,(H,14,15,16). The summed E-state index contributed by atoms with van der Waals surface area (Å²) in [6.45, 7) is 4.12. The maximum absolute atomic E-state index is 11.0. The van der Waals surface area contributed by atoms with E-state index in [0.29, 0.717) is 10.9 Å². The number of aryl methyl sites for hydroxylation is 1. The molecule has 0 bridgehead atoms. The van der Waals surface area contributed by atoms with Crippen LogP contribution in [0.25, 0.3) is 0 Å². The highest BCUT2D eigenvalue weighted by Gasteiger charge is 2.07. The maximum Gasteiger partial charge on any atom is 0.134 e. The molecule has 2 unspecified atom stereocenters. The molecule has 1 aromatic heterocycles. The van der Waals surface area contributed by atoms with Crippen LogP contribution in [0.5, 0.6) is 0 Å². The molecule has 0 aliphatic carbocycles. The highest BCUT2D eigenvalue weighted by molar-refractivity contribution is 7.84. The van der Waals surface area contributed by atoms with Crippen LogP contribution in [0.1, 0.15) is 32.5 Å². The van der Waals surface area contributed by atoms with Crippen molar-refractivity contribution in [1.29, 1.82) is 0 Å². The van der Waals surface area contributed by atoms with Gasteiger partial charge in [0.15, 0.2) is 0 Å². The number of halogens is 1. The molecular weight excluding hydrogens is 270 g/mol. The Hall–Kier alpha value is -0.680. The van der Waals surface area contributed by atoms with Crippen LogP contribution < -0.4 is 5.32 Å². The van der Waals surface area contributed by atoms with Gasteiger partial charge in [-0.1, -0.05) is 18.5 Å². The minimum absolute atomic E-state index is 0.217. The summed E-state index contributed by atoms with van der Waals surface area (Å²) in [6, 6.07) is 1.94. The first-order valence-corrected chi connectivity index (χ1v) is 8.21. The minimum atomic E-state index is -0.755. The van der Waals surface area contributed by atoms with Crippen molar-refractivity contribution in [2.24, 2.45) is 0 Å². The molecule has 0 fully saturated rings. The van der Waals surface area contributed by atoms with E-state index < -0.39 is 10.8 Å². The molecule has 1 aromatic rings. The van der Waals surface area contributed by atoms with Crippen LogP contribution in [0.2, 0.25) is 5.15 Å². The van der Waals surface area contributed by atoms with Gasteiger partial charge in [-0.05, 0) is 19.8 Å². The predicted molar refractivity (Wildman–Crippen MR) is 77.7 cm³/mol. The topological polar surface area (TPSA) is 54.9 Å². The van der Waals surface area contributed by atoms with Gasteiger partial charge in [-0.25, -0.2) is 9.97 Å². The highest BCUT2D eigenvalue weighted by Crippen LogP contribution is 2.14. The molecule has 1 rings (SSSR count). The Morgan fingerprint density at radius 1 is 1.50 bits per heavy atom. The lowest BCUT2D eigenvalue weighted by molar-refractivity contribution is 0.678. The Kier molecular flexibility index (Phi) is 6.57. The quantitative estimate of drug-likeness (QED) is 0.784. The summed E-state index contributed by atoms with van der Waals surface area (Å²) in [5.74, 6) is 2.20. The normalized spacial score (nSPS) is 14.2. The number of hydrogen-bond donors (Lipinski definition) is 1. The van der Waals surface area contributed by atoms with Crippen LogP contribution >= 0.6 is 11.6 Å². The number of aromatic nitrogens is 2. The molecule has 2 atom stereocenters. The molecule has 0 spiro atoms. The molecule has 0 amide bonds. The van der Waals surface area contributed by atoms with E-state index >= 15 is 0 Å². The lowest BCUT2D eigenvalue weighted by Gasteiger charge is -2.14. The van der Waals surface area contributed by atoms with E-state index in [9.17, 15) is 4.21 Å². The number of nitrogens with one attached hydrogen (secondary N) is 1. The lowest BCUT2D eigenvalue weighted by atomic mass is 10.2. The minimum Gasteiger partial charge on any atom is -0.367 e. The summed E-state index contributed by atoms with van der Waals surface area (Å²) in [6.07, 6.45) is 4.37. The fourth-order valence-electron chi connectivity index (χ4n) is 1.54. The Bertz CT molecular complexity index is 414. The number of hydrogen-bond acceptors (Lipinski definition) is 4. The van der Waals surface area contributed by atoms with Crippen molar-refractivity contribution >= 4 is 28.2 Å². The summed E-state index contributed by atoms with van der Waals surface area (Å²) < 4.78 is 11.0. The maximum atomic E-state index is 11.0. The fourth-order valence-corrected chi connectivity index (χ4v) is 2.43. The van der Waals surface area contributed by atoms with Gasteiger partial charge >= 0.3 is 0 Å². The van der Waals surface area contributed by atoms with E-state index in [0.717, 1.165) is 30.9 Å². The van der Waals surface area contributed by atoms with E-state index in [2.05, 4.69) is 22.2 Å². The lowest BCUT2D eigenvalue weighted by Crippen LogP contribution is -2.19. The van der Waals surface area contributed by atoms with Gasteiger partial charge in [0.2, 0.25) is 0 Å². The van der Waals surface area contributed by atoms with Gasteiger partial charge in [0.25, 0.3) is 0 Å². The van der Waals surface area contributed by atoms with Crippen LogP contribution in [0.15, 0.2) is 6.07 Å². The first-order valence-electron chi connectivity index (χ1n) is 6.11. The van der Waals surface area contributed by atoms with Crippen LogP contribution in [-0.4, -0.2) is 32.2 Å². The van der Waals surface area contributed by atoms with E-state index in [4.69, 9.17) is 11.6 Å². The predicted octanol–water partition coefficient (Wildman–Crippen LogP) is 2.65. The van der Waals surface area contributed by atoms with E-state index in [1.54, 1.807) is 12.3 Å². The number of rotatable bonds is 7. The Morgan fingerprint density at radius 2 is 2.22 bits per heavy atom. The van der Waals surface area contributed by atoms with Gasteiger partial charge in [-0.2, -0.15) is 0 Å². The summed E-state index contributed by atoms with van der Waals surface area (Å²) in [7, 11) is -0.755. The van der Waals surface area contributed by atoms with Crippen molar-refractivity contribution in [2.75, 3.05) is 17.3 Å². The largest absolute Gasteiger partial charge is 0.367 e. The second-order valence-corrected chi connectivity index (χ2v) is 6.30. The van der Waals surface area contributed by atoms with Crippen molar-refractivity contribution in [3.8, 4) is 0 Å². The zero-order valence-electron chi connectivity index (χ0n) is 11.1. The van der Waals surface area contributed by atoms with Crippen molar-refractivity contribution in [3.05, 3.63) is 17.0 Å². The Morgan fingerprint density at radius 3 is 2.83 bits per heavy atom. The molecule has 18 heavy (non-hydrogen) atoms. The van der Waals surface area contributed by atoms with Gasteiger partial charge in [0, 0.05) is 41.3 Å². The van der Waals surface area contributed by atoms with Crippen LogP contribution in [0, 0.1) is 0 Å². The van der Waals surface area contributed by atoms with Crippen molar-refractivity contribution in [3.63, 3.8) is 0 Å². The van der Waals surface area contributed by atoms with Gasteiger partial charge in [-0.3, -0.25) is 4.21 Å². The van der Waals surface area contributed by atoms with Crippen molar-refractivity contribution in [1.82, 2.24) is 9.97 Å². The van der Waals surface area contributed by atoms with Gasteiger partial charge < -0.3 is 5.32 Å². The van der Waals surface area contributed by atoms with Gasteiger partial charge in [0.05, 0.1) is 0 Å². The Labute approximate surface area is 116 Å². The smallest absolute Gasteiger partial charge is 0.134 e. The van der Waals surface area contributed by atoms with Crippen molar-refractivity contribution < 1.29 is 4.21 Å². The summed E-state index contributed by atoms with van der Waals surface area (Å²) in [5, 5.41) is 3.73. The molecule has 102 valence electrons. The van der Waals surface area contributed by atoms with Crippen molar-refractivity contribution in [2.45, 2.75) is 39.2 Å². The molecule has 0 aromatic carbocycles. The zero-order chi connectivity index (χ0) is 13.5. The molecule has 6 heteroatoms. The first-order chi connectivity index (χ1) is 8.51. The zero-order valence-corrected chi connectivity index (χ0v) is 12.6. The van der Waals surface area contributed by atoms with E-state index in [1.165, 1.54) is 0 Å². The molecular formula is C12H20ClN3OS. The number of anilines is 1. The third kappa shape index (κ3) is 5.78. The molecule has 4 nitrogen and oxygen atoms in total. The molecule has 0 saturated heterocycles. The molecule has 0 radical (unpaired) electrons. The fraction of sp³-hybridized carbons (Fsp3) is 0.667. The van der Waals surface area contributed by atoms with Crippen LogP contribution in [-0.2, 0) is 17.2 Å². The second kappa shape index (κ2) is 7.69. The highest BCUT2D eigenvalue weighted by atomic mass is 35.5. The molecule has 1 heterocycles. The average Bonchev–Trinajstić information content (AvgIpc) is 2.26. The third-order valence-electron chi connectivity index (χ3n) is 2.45. The summed E-state index contributed by atoms with van der Waals surface area (Å²) in [4.78, 5) is 8.58. The summed E-state index contributed by atoms with van der Waals surface area (Å²) in [5.41, 5.74) is 0. The second-order valence-electron chi connectivity index (χ2n) is 4.35. The Balaban J connectivity index is 2.62. The van der Waals surface area contributed by atoms with E-state index in [1.807, 2.05) is 6.92 Å². The number of nitrogens with zero attached hydrogens (tertiary/aromatic N) is 2. The van der Waals surface area contributed by atoms with Crippen LogP contribution in [0.3, 0.4) is 0 Å². The molecule has 0 saturated carbocycles. The molecule has 1 N–H and O–H groups in total. The van der Waals surface area contributed by atoms with Gasteiger partial charge in [-0.15, -0.1) is 0 Å². The summed E-state index contributed by atoms with van der Waals surface area (Å²) >= 11 is 5.96. The average molecular weight is 290 g/mol. The third-order valence-corrected chi connectivity index (χ3v) is 3.45. The molecule has 0 aliphatic rings. The van der Waals surface area contributed by atoms with Gasteiger partial charge in [0.1, 0.15) is 16.8 Å². The first kappa shape index (κ1) is 15.4.